The van der Waals surface area contributed by atoms with Crippen molar-refractivity contribution in [3.05, 3.63) is 24.3 Å². The van der Waals surface area contributed by atoms with Gasteiger partial charge in [-0.1, -0.05) is 12.1 Å². The van der Waals surface area contributed by atoms with Crippen molar-refractivity contribution in [3.8, 4) is 5.75 Å². The fraction of sp³-hybridized carbons (Fsp3) is 0. The highest BCUT2D eigenvalue weighted by atomic mass is 32.1. The second-order valence-corrected chi connectivity index (χ2v) is 2.13. The van der Waals surface area contributed by atoms with Crippen molar-refractivity contribution in [2.75, 3.05) is 0 Å². The Balaban J connectivity index is 2.91. The van der Waals surface area contributed by atoms with E-state index in [1.807, 2.05) is 6.07 Å². The summed E-state index contributed by atoms with van der Waals surface area (Å²) in [7, 11) is 0. The number of hydrogen-bond donors (Lipinski definition) is 2. The van der Waals surface area contributed by atoms with Gasteiger partial charge in [-0.2, -0.15) is 5.53 Å². The highest BCUT2D eigenvalue weighted by molar-refractivity contribution is 7.80. The number of rotatable bonds is 2. The number of hydrogen-bond acceptors (Lipinski definition) is 4. The molecule has 1 aromatic carbocycles. The van der Waals surface area contributed by atoms with E-state index >= 15 is 0 Å². The van der Waals surface area contributed by atoms with Crippen LogP contribution >= 0.6 is 12.6 Å². The summed E-state index contributed by atoms with van der Waals surface area (Å²) in [5, 5.41) is 2.77. The lowest BCUT2D eigenvalue weighted by atomic mass is 10.3. The van der Waals surface area contributed by atoms with E-state index in [1.54, 1.807) is 18.2 Å². The van der Waals surface area contributed by atoms with E-state index in [1.165, 1.54) is 0 Å². The molecule has 4 heteroatoms. The predicted molar refractivity (Wildman–Crippen MR) is 39.5 cm³/mol. The smallest absolute Gasteiger partial charge is 0.173 e. The van der Waals surface area contributed by atoms with Crippen molar-refractivity contribution in [1.82, 2.24) is 0 Å². The van der Waals surface area contributed by atoms with Gasteiger partial charge in [0.1, 0.15) is 0 Å². The van der Waals surface area contributed by atoms with Gasteiger partial charge < -0.3 is 4.84 Å². The topological polar surface area (TPSA) is 45.4 Å². The summed E-state index contributed by atoms with van der Waals surface area (Å²) in [6.07, 6.45) is 0. The number of nitrogens with zero attached hydrogens (tertiary/aromatic N) is 1. The summed E-state index contributed by atoms with van der Waals surface area (Å²) >= 11 is 4.06. The first-order valence-electron chi connectivity index (χ1n) is 2.66. The molecule has 0 spiro atoms. The Bertz CT molecular complexity index is 239. The molecular formula is C6H6N2OS. The van der Waals surface area contributed by atoms with Gasteiger partial charge in [0.05, 0.1) is 0 Å². The Hall–Kier alpha value is -1.03. The first-order chi connectivity index (χ1) is 4.84. The van der Waals surface area contributed by atoms with E-state index in [0.29, 0.717) is 10.6 Å². The van der Waals surface area contributed by atoms with Gasteiger partial charge >= 0.3 is 0 Å². The molecule has 0 fully saturated rings. The first-order valence-corrected chi connectivity index (χ1v) is 3.11. The molecule has 0 atom stereocenters. The zero-order valence-corrected chi connectivity index (χ0v) is 6.01. The van der Waals surface area contributed by atoms with Crippen molar-refractivity contribution in [1.29, 1.82) is 5.53 Å². The molecule has 0 bridgehead atoms. The lowest BCUT2D eigenvalue weighted by Crippen LogP contribution is -1.80. The van der Waals surface area contributed by atoms with Gasteiger partial charge in [-0.25, -0.2) is 0 Å². The van der Waals surface area contributed by atoms with Crippen LogP contribution in [0.2, 0.25) is 0 Å². The van der Waals surface area contributed by atoms with Crippen molar-refractivity contribution in [2.24, 2.45) is 5.28 Å². The monoisotopic (exact) mass is 154 g/mol. The summed E-state index contributed by atoms with van der Waals surface area (Å²) in [6.45, 7) is 0. The number of thiol groups is 1. The largest absolute Gasteiger partial charge is 0.339 e. The van der Waals surface area contributed by atoms with Gasteiger partial charge in [-0.05, 0) is 12.1 Å². The van der Waals surface area contributed by atoms with E-state index in [4.69, 9.17) is 5.53 Å². The second-order valence-electron chi connectivity index (χ2n) is 1.65. The molecule has 1 rings (SSSR count). The van der Waals surface area contributed by atoms with Crippen molar-refractivity contribution in [2.45, 2.75) is 4.90 Å². The maximum Gasteiger partial charge on any atom is 0.173 e. The summed E-state index contributed by atoms with van der Waals surface area (Å²) in [6, 6.07) is 7.09. The average Bonchev–Trinajstić information content (AvgIpc) is 1.94. The van der Waals surface area contributed by atoms with Crippen molar-refractivity contribution < 1.29 is 4.84 Å². The molecule has 0 saturated heterocycles. The third-order valence-corrected chi connectivity index (χ3v) is 1.38. The molecule has 0 amide bonds. The maximum absolute atomic E-state index is 6.41. The van der Waals surface area contributed by atoms with Crippen LogP contribution in [0, 0.1) is 5.53 Å². The Labute approximate surface area is 63.9 Å². The van der Waals surface area contributed by atoms with Crippen molar-refractivity contribution >= 4 is 12.6 Å². The fourth-order valence-electron chi connectivity index (χ4n) is 0.584. The number of nitrogens with one attached hydrogen (secondary N) is 1. The van der Waals surface area contributed by atoms with Gasteiger partial charge in [0.15, 0.2) is 5.75 Å². The average molecular weight is 154 g/mol. The van der Waals surface area contributed by atoms with E-state index in [0.717, 1.165) is 0 Å². The summed E-state index contributed by atoms with van der Waals surface area (Å²) in [4.78, 5) is 5.23. The molecule has 0 aliphatic rings. The zero-order valence-electron chi connectivity index (χ0n) is 5.11. The molecule has 10 heavy (non-hydrogen) atoms. The highest BCUT2D eigenvalue weighted by Gasteiger charge is 1.95. The fourth-order valence-corrected chi connectivity index (χ4v) is 0.785. The lowest BCUT2D eigenvalue weighted by Gasteiger charge is -1.97. The molecule has 3 nitrogen and oxygen atoms in total. The summed E-state index contributed by atoms with van der Waals surface area (Å²) in [5.74, 6) is 0.501. The number of para-hydroxylation sites is 1. The Morgan fingerprint density at radius 1 is 1.40 bits per heavy atom. The normalized spacial score (nSPS) is 8.90. The summed E-state index contributed by atoms with van der Waals surface area (Å²) in [5.41, 5.74) is 6.41. The number of benzene rings is 1. The molecule has 1 N–H and O–H groups in total. The van der Waals surface area contributed by atoms with Crippen LogP contribution in [0.4, 0.5) is 0 Å². The highest BCUT2D eigenvalue weighted by Crippen LogP contribution is 2.20. The SMILES string of the molecule is N=NOc1ccccc1S. The molecule has 0 aliphatic carbocycles. The lowest BCUT2D eigenvalue weighted by molar-refractivity contribution is 0.291. The Morgan fingerprint density at radius 2 is 2.10 bits per heavy atom. The van der Waals surface area contributed by atoms with Crippen LogP contribution in [-0.2, 0) is 0 Å². The third-order valence-electron chi connectivity index (χ3n) is 1.01. The molecule has 0 heterocycles. The molecular weight excluding hydrogens is 148 g/mol. The maximum atomic E-state index is 6.41. The van der Waals surface area contributed by atoms with Gasteiger partial charge in [-0.15, -0.1) is 12.6 Å². The minimum atomic E-state index is 0.501. The minimum Gasteiger partial charge on any atom is -0.339 e. The zero-order chi connectivity index (χ0) is 7.40. The Kier molecular flexibility index (Phi) is 2.28. The molecule has 0 aliphatic heterocycles. The van der Waals surface area contributed by atoms with E-state index in [9.17, 15) is 0 Å². The van der Waals surface area contributed by atoms with E-state index in [-0.39, 0.29) is 0 Å². The van der Waals surface area contributed by atoms with Gasteiger partial charge in [-0.3, -0.25) is 0 Å². The van der Waals surface area contributed by atoms with E-state index in [2.05, 4.69) is 22.7 Å². The van der Waals surface area contributed by atoms with Crippen LogP contribution in [0.1, 0.15) is 0 Å². The molecule has 0 radical (unpaired) electrons. The molecule has 1 aromatic rings. The summed E-state index contributed by atoms with van der Waals surface area (Å²) < 4.78 is 0. The third kappa shape index (κ3) is 1.48. The van der Waals surface area contributed by atoms with Crippen LogP contribution in [0.15, 0.2) is 34.4 Å². The molecule has 52 valence electrons. The molecule has 0 aromatic heterocycles. The second kappa shape index (κ2) is 3.22. The van der Waals surface area contributed by atoms with Crippen LogP contribution in [0.5, 0.6) is 5.75 Å². The standard InChI is InChI=1S/C6H6N2OS/c7-8-9-5-3-1-2-4-6(5)10/h1-4,7,10H. The Morgan fingerprint density at radius 3 is 2.70 bits per heavy atom. The van der Waals surface area contributed by atoms with Gasteiger partial charge in [0, 0.05) is 10.2 Å². The van der Waals surface area contributed by atoms with Crippen LogP contribution in [0.25, 0.3) is 0 Å². The van der Waals surface area contributed by atoms with E-state index < -0.39 is 0 Å². The minimum absolute atomic E-state index is 0.501. The van der Waals surface area contributed by atoms with Crippen LogP contribution in [-0.4, -0.2) is 0 Å². The molecule has 0 unspecified atom stereocenters. The first kappa shape index (κ1) is 7.08. The molecule has 0 saturated carbocycles. The van der Waals surface area contributed by atoms with Crippen molar-refractivity contribution in [3.63, 3.8) is 0 Å². The van der Waals surface area contributed by atoms with Gasteiger partial charge in [0.25, 0.3) is 0 Å². The predicted octanol–water partition coefficient (Wildman–Crippen LogP) is 2.30. The van der Waals surface area contributed by atoms with Crippen LogP contribution in [0.3, 0.4) is 0 Å². The van der Waals surface area contributed by atoms with Crippen LogP contribution < -0.4 is 4.84 Å². The van der Waals surface area contributed by atoms with Gasteiger partial charge in [0.2, 0.25) is 0 Å². The quantitative estimate of drug-likeness (QED) is 0.383.